The van der Waals surface area contributed by atoms with Crippen molar-refractivity contribution in [3.63, 3.8) is 0 Å². The van der Waals surface area contributed by atoms with E-state index in [4.69, 9.17) is 4.74 Å². The standard InChI is InChI=1S/C24H27N3O4S2/c1-17-4-6-20(7-5-17)27-18(2)14-22(19(27)3)23(28)16-32-24-9-8-21(15-25-24)33(29,30)26-10-12-31-13-11-26/h4-9,14-15H,10-13,16H2,1-3H3. The van der Waals surface area contributed by atoms with Crippen LogP contribution in [-0.4, -0.2) is 60.1 Å². The van der Waals surface area contributed by atoms with Gasteiger partial charge in [0.2, 0.25) is 10.0 Å². The van der Waals surface area contributed by atoms with Crippen LogP contribution in [0.1, 0.15) is 27.3 Å². The second-order valence-electron chi connectivity index (χ2n) is 8.02. The number of ketones is 1. The summed E-state index contributed by atoms with van der Waals surface area (Å²) in [4.78, 5) is 17.4. The maximum atomic E-state index is 12.9. The van der Waals surface area contributed by atoms with E-state index in [-0.39, 0.29) is 16.4 Å². The van der Waals surface area contributed by atoms with Crippen LogP contribution in [0.2, 0.25) is 0 Å². The number of hydrogen-bond acceptors (Lipinski definition) is 6. The van der Waals surface area contributed by atoms with Gasteiger partial charge in [-0.25, -0.2) is 13.4 Å². The van der Waals surface area contributed by atoms with Crippen LogP contribution < -0.4 is 0 Å². The second kappa shape index (κ2) is 9.80. The summed E-state index contributed by atoms with van der Waals surface area (Å²) in [7, 11) is -3.58. The first-order valence-electron chi connectivity index (χ1n) is 10.7. The highest BCUT2D eigenvalue weighted by Crippen LogP contribution is 2.25. The number of Topliss-reactive ketones (excluding diaryl/α,β-unsaturated/α-hetero) is 1. The first kappa shape index (κ1) is 23.7. The van der Waals surface area contributed by atoms with E-state index in [0.29, 0.717) is 36.9 Å². The topological polar surface area (TPSA) is 81.5 Å². The van der Waals surface area contributed by atoms with Crippen molar-refractivity contribution >= 4 is 27.6 Å². The summed E-state index contributed by atoms with van der Waals surface area (Å²) < 4.78 is 34.2. The van der Waals surface area contributed by atoms with Crippen molar-refractivity contribution in [2.45, 2.75) is 30.7 Å². The molecule has 174 valence electrons. The molecule has 0 amide bonds. The summed E-state index contributed by atoms with van der Waals surface area (Å²) in [5.41, 5.74) is 4.81. The van der Waals surface area contributed by atoms with Gasteiger partial charge in [-0.15, -0.1) is 0 Å². The second-order valence-corrected chi connectivity index (χ2v) is 10.9. The predicted octanol–water partition coefficient (Wildman–Crippen LogP) is 3.79. The first-order valence-corrected chi connectivity index (χ1v) is 13.2. The molecule has 0 N–H and O–H groups in total. The van der Waals surface area contributed by atoms with E-state index in [0.717, 1.165) is 17.1 Å². The Labute approximate surface area is 198 Å². The average Bonchev–Trinajstić information content (AvgIpc) is 3.13. The summed E-state index contributed by atoms with van der Waals surface area (Å²) in [6, 6.07) is 13.3. The van der Waals surface area contributed by atoms with E-state index in [2.05, 4.69) is 33.8 Å². The van der Waals surface area contributed by atoms with Gasteiger partial charge >= 0.3 is 0 Å². The monoisotopic (exact) mass is 485 g/mol. The lowest BCUT2D eigenvalue weighted by Gasteiger charge is -2.25. The molecule has 1 aliphatic rings. The molecule has 4 rings (SSSR count). The lowest BCUT2D eigenvalue weighted by molar-refractivity contribution is 0.0730. The van der Waals surface area contributed by atoms with Gasteiger partial charge in [0, 0.05) is 41.9 Å². The number of ether oxygens (including phenoxy) is 1. The maximum Gasteiger partial charge on any atom is 0.244 e. The van der Waals surface area contributed by atoms with E-state index in [1.807, 2.05) is 26.8 Å². The number of sulfonamides is 1. The lowest BCUT2D eigenvalue weighted by Crippen LogP contribution is -2.40. The number of hydrogen-bond donors (Lipinski definition) is 0. The molecule has 0 atom stereocenters. The quantitative estimate of drug-likeness (QED) is 0.374. The van der Waals surface area contributed by atoms with Crippen molar-refractivity contribution in [1.29, 1.82) is 0 Å². The normalized spacial score (nSPS) is 15.0. The zero-order valence-corrected chi connectivity index (χ0v) is 20.6. The molecule has 3 aromatic rings. The molecule has 33 heavy (non-hydrogen) atoms. The molecule has 2 aromatic heterocycles. The Balaban J connectivity index is 1.44. The van der Waals surface area contributed by atoms with Gasteiger partial charge in [0.1, 0.15) is 4.90 Å². The molecule has 1 aliphatic heterocycles. The van der Waals surface area contributed by atoms with Gasteiger partial charge in [-0.1, -0.05) is 29.5 Å². The largest absolute Gasteiger partial charge is 0.379 e. The fourth-order valence-electron chi connectivity index (χ4n) is 3.89. The van der Waals surface area contributed by atoms with E-state index in [1.54, 1.807) is 12.1 Å². The number of aromatic nitrogens is 2. The summed E-state index contributed by atoms with van der Waals surface area (Å²) in [5.74, 6) is 0.235. The highest BCUT2D eigenvalue weighted by molar-refractivity contribution is 7.99. The van der Waals surface area contributed by atoms with Crippen LogP contribution in [0.25, 0.3) is 5.69 Å². The van der Waals surface area contributed by atoms with Crippen molar-refractivity contribution in [3.05, 3.63) is 71.2 Å². The minimum atomic E-state index is -3.58. The molecule has 1 fully saturated rings. The fourth-order valence-corrected chi connectivity index (χ4v) is 5.97. The number of pyridine rings is 1. The Kier molecular flexibility index (Phi) is 7.04. The molecule has 0 aliphatic carbocycles. The number of nitrogens with zero attached hydrogens (tertiary/aromatic N) is 3. The van der Waals surface area contributed by atoms with Gasteiger partial charge in [0.15, 0.2) is 5.78 Å². The third-order valence-electron chi connectivity index (χ3n) is 5.69. The zero-order chi connectivity index (χ0) is 23.6. The van der Waals surface area contributed by atoms with Crippen LogP contribution in [0.5, 0.6) is 0 Å². The van der Waals surface area contributed by atoms with Gasteiger partial charge in [-0.3, -0.25) is 4.79 Å². The van der Waals surface area contributed by atoms with Crippen LogP contribution in [0, 0.1) is 20.8 Å². The summed E-state index contributed by atoms with van der Waals surface area (Å²) in [6.07, 6.45) is 1.36. The SMILES string of the molecule is Cc1ccc(-n2c(C)cc(C(=O)CSc3ccc(S(=O)(=O)N4CCOCC4)cn3)c2C)cc1. The third-order valence-corrected chi connectivity index (χ3v) is 8.52. The number of rotatable bonds is 7. The van der Waals surface area contributed by atoms with Gasteiger partial charge in [-0.05, 0) is 51.1 Å². The third kappa shape index (κ3) is 5.06. The Morgan fingerprint density at radius 1 is 1.06 bits per heavy atom. The minimum Gasteiger partial charge on any atom is -0.379 e. The van der Waals surface area contributed by atoms with E-state index in [9.17, 15) is 13.2 Å². The van der Waals surface area contributed by atoms with Gasteiger partial charge in [0.25, 0.3) is 0 Å². The smallest absolute Gasteiger partial charge is 0.244 e. The molecule has 3 heterocycles. The predicted molar refractivity (Wildman–Crippen MR) is 129 cm³/mol. The van der Waals surface area contributed by atoms with Gasteiger partial charge < -0.3 is 9.30 Å². The molecule has 9 heteroatoms. The Hall–Kier alpha value is -2.46. The number of carbonyl (C=O) groups excluding carboxylic acids is 1. The molecule has 0 bridgehead atoms. The molecule has 0 saturated carbocycles. The molecule has 0 spiro atoms. The van der Waals surface area contributed by atoms with Gasteiger partial charge in [0.05, 0.1) is 24.0 Å². The summed E-state index contributed by atoms with van der Waals surface area (Å²) in [6.45, 7) is 7.47. The summed E-state index contributed by atoms with van der Waals surface area (Å²) in [5, 5.41) is 0.608. The van der Waals surface area contributed by atoms with Crippen LogP contribution in [0.3, 0.4) is 0 Å². The maximum absolute atomic E-state index is 12.9. The molecule has 0 radical (unpaired) electrons. The lowest BCUT2D eigenvalue weighted by atomic mass is 10.2. The molecule has 1 saturated heterocycles. The molecular weight excluding hydrogens is 458 g/mol. The van der Waals surface area contributed by atoms with Gasteiger partial charge in [-0.2, -0.15) is 4.31 Å². The van der Waals surface area contributed by atoms with Crippen LogP contribution in [-0.2, 0) is 14.8 Å². The fraction of sp³-hybridized carbons (Fsp3) is 0.333. The Morgan fingerprint density at radius 2 is 1.76 bits per heavy atom. The number of morpholine rings is 1. The van der Waals surface area contributed by atoms with Crippen LogP contribution >= 0.6 is 11.8 Å². The number of benzene rings is 1. The molecule has 7 nitrogen and oxygen atoms in total. The highest BCUT2D eigenvalue weighted by Gasteiger charge is 2.26. The van der Waals surface area contributed by atoms with E-state index < -0.39 is 10.0 Å². The van der Waals surface area contributed by atoms with Crippen LogP contribution in [0.15, 0.2) is 58.6 Å². The van der Waals surface area contributed by atoms with Crippen LogP contribution in [0.4, 0.5) is 0 Å². The zero-order valence-electron chi connectivity index (χ0n) is 18.9. The summed E-state index contributed by atoms with van der Waals surface area (Å²) >= 11 is 1.30. The highest BCUT2D eigenvalue weighted by atomic mass is 32.2. The molecule has 1 aromatic carbocycles. The Bertz CT molecular complexity index is 1240. The minimum absolute atomic E-state index is 0.0123. The van der Waals surface area contributed by atoms with Crippen molar-refractivity contribution in [1.82, 2.24) is 13.9 Å². The molecule has 0 unspecified atom stereocenters. The Morgan fingerprint density at radius 3 is 2.39 bits per heavy atom. The van der Waals surface area contributed by atoms with E-state index >= 15 is 0 Å². The van der Waals surface area contributed by atoms with Crippen molar-refractivity contribution in [2.24, 2.45) is 0 Å². The van der Waals surface area contributed by atoms with Crippen molar-refractivity contribution in [2.75, 3.05) is 32.1 Å². The number of thioether (sulfide) groups is 1. The first-order chi connectivity index (χ1) is 15.8. The van der Waals surface area contributed by atoms with Crippen molar-refractivity contribution in [3.8, 4) is 5.69 Å². The number of carbonyl (C=O) groups is 1. The van der Waals surface area contributed by atoms with Crippen molar-refractivity contribution < 1.29 is 17.9 Å². The average molecular weight is 486 g/mol. The number of aryl methyl sites for hydroxylation is 2. The van der Waals surface area contributed by atoms with E-state index in [1.165, 1.54) is 27.8 Å². The molecular formula is C24H27N3O4S2.